The Balaban J connectivity index is 3.25. The van der Waals surface area contributed by atoms with Crippen LogP contribution < -0.4 is 4.72 Å². The maximum absolute atomic E-state index is 12.2. The topological polar surface area (TPSA) is 153 Å². The molecule has 10 nitrogen and oxygen atoms in total. The van der Waals surface area contributed by atoms with Crippen LogP contribution in [-0.2, 0) is 29.6 Å². The molecule has 0 saturated carbocycles. The Labute approximate surface area is 138 Å². The van der Waals surface area contributed by atoms with Gasteiger partial charge in [0, 0.05) is 6.54 Å². The van der Waals surface area contributed by atoms with Crippen LogP contribution in [0.15, 0.2) is 23.1 Å². The zero-order valence-electron chi connectivity index (χ0n) is 12.7. The summed E-state index contributed by atoms with van der Waals surface area (Å²) in [6.45, 7) is -0.600. The van der Waals surface area contributed by atoms with Crippen molar-refractivity contribution in [3.8, 4) is 0 Å². The van der Waals surface area contributed by atoms with Gasteiger partial charge in [0.2, 0.25) is 10.0 Å². The van der Waals surface area contributed by atoms with Crippen LogP contribution in [0.4, 0.5) is 0 Å². The molecule has 1 aromatic rings. The Morgan fingerprint density at radius 2 is 1.46 bits per heavy atom. The smallest absolute Gasteiger partial charge is 0.337 e. The molecule has 0 heterocycles. The third-order valence-corrected chi connectivity index (χ3v) is 4.87. The van der Waals surface area contributed by atoms with E-state index in [1.54, 1.807) is 0 Å². The first-order valence-electron chi connectivity index (χ1n) is 6.26. The van der Waals surface area contributed by atoms with Crippen LogP contribution in [0.1, 0.15) is 20.7 Å². The molecule has 24 heavy (non-hydrogen) atoms. The van der Waals surface area contributed by atoms with Crippen molar-refractivity contribution < 1.29 is 40.5 Å². The van der Waals surface area contributed by atoms with Crippen molar-refractivity contribution in [1.82, 2.24) is 4.72 Å². The molecule has 0 saturated heterocycles. The Hall–Kier alpha value is -2.02. The number of sulfonamides is 1. The van der Waals surface area contributed by atoms with Gasteiger partial charge in [0.25, 0.3) is 10.1 Å². The van der Waals surface area contributed by atoms with Crippen LogP contribution in [-0.4, -0.2) is 59.8 Å². The van der Waals surface area contributed by atoms with E-state index in [9.17, 15) is 26.4 Å². The summed E-state index contributed by atoms with van der Waals surface area (Å²) in [4.78, 5) is 22.7. The standard InChI is InChI=1S/C12H15NO9S2/c1-21-11(14)8-5-9(12(15)22-2)7-10(6-8)24(19,20)13-3-4-23(16,17)18/h5-7,13H,3-4H2,1-2H3,(H,16,17,18). The quantitative estimate of drug-likeness (QED) is 0.466. The van der Waals surface area contributed by atoms with Gasteiger partial charge in [-0.05, 0) is 18.2 Å². The molecule has 0 aliphatic rings. The molecular formula is C12H15NO9S2. The van der Waals surface area contributed by atoms with E-state index in [0.29, 0.717) is 0 Å². The average Bonchev–Trinajstić information content (AvgIpc) is 2.51. The molecule has 0 radical (unpaired) electrons. The lowest BCUT2D eigenvalue weighted by molar-refractivity contribution is 0.0598. The van der Waals surface area contributed by atoms with Gasteiger partial charge in [-0.25, -0.2) is 22.7 Å². The lowest BCUT2D eigenvalue weighted by Gasteiger charge is -2.09. The van der Waals surface area contributed by atoms with Gasteiger partial charge < -0.3 is 9.47 Å². The number of methoxy groups -OCH3 is 2. The molecule has 2 N–H and O–H groups in total. The Bertz CT molecular complexity index is 809. The highest BCUT2D eigenvalue weighted by Crippen LogP contribution is 2.17. The summed E-state index contributed by atoms with van der Waals surface area (Å²) < 4.78 is 65.0. The number of carbonyl (C=O) groups is 2. The van der Waals surface area contributed by atoms with Crippen molar-refractivity contribution in [1.29, 1.82) is 0 Å². The summed E-state index contributed by atoms with van der Waals surface area (Å²) in [5, 5.41) is 0. The van der Waals surface area contributed by atoms with E-state index in [4.69, 9.17) is 4.55 Å². The molecule has 0 spiro atoms. The van der Waals surface area contributed by atoms with Gasteiger partial charge in [-0.2, -0.15) is 8.42 Å². The third-order valence-electron chi connectivity index (χ3n) is 2.71. The number of hydrogen-bond donors (Lipinski definition) is 2. The van der Waals surface area contributed by atoms with Gasteiger partial charge in [0.05, 0.1) is 36.0 Å². The summed E-state index contributed by atoms with van der Waals surface area (Å²) in [6.07, 6.45) is 0. The average molecular weight is 381 g/mol. The molecule has 1 aromatic carbocycles. The highest BCUT2D eigenvalue weighted by atomic mass is 32.2. The van der Waals surface area contributed by atoms with E-state index in [2.05, 4.69) is 9.47 Å². The predicted octanol–water partition coefficient (Wildman–Crippen LogP) is -0.574. The van der Waals surface area contributed by atoms with Crippen LogP contribution in [0.5, 0.6) is 0 Å². The molecular weight excluding hydrogens is 366 g/mol. The molecule has 134 valence electrons. The third kappa shape index (κ3) is 5.56. The highest BCUT2D eigenvalue weighted by molar-refractivity contribution is 7.89. The van der Waals surface area contributed by atoms with Gasteiger partial charge in [-0.15, -0.1) is 0 Å². The van der Waals surface area contributed by atoms with Gasteiger partial charge >= 0.3 is 11.9 Å². The van der Waals surface area contributed by atoms with E-state index in [1.165, 1.54) is 0 Å². The first-order valence-corrected chi connectivity index (χ1v) is 9.36. The number of rotatable bonds is 7. The van der Waals surface area contributed by atoms with Crippen molar-refractivity contribution in [2.45, 2.75) is 4.90 Å². The molecule has 0 aliphatic heterocycles. The molecule has 0 fully saturated rings. The Morgan fingerprint density at radius 1 is 1.00 bits per heavy atom. The van der Waals surface area contributed by atoms with E-state index in [1.807, 2.05) is 4.72 Å². The van der Waals surface area contributed by atoms with Crippen molar-refractivity contribution in [3.63, 3.8) is 0 Å². The van der Waals surface area contributed by atoms with Crippen LogP contribution >= 0.6 is 0 Å². The molecule has 0 bridgehead atoms. The first-order chi connectivity index (χ1) is 11.0. The van der Waals surface area contributed by atoms with Crippen LogP contribution in [0.25, 0.3) is 0 Å². The summed E-state index contributed by atoms with van der Waals surface area (Å²) in [5.41, 5.74) is -0.425. The second-order valence-corrected chi connectivity index (χ2v) is 7.75. The number of benzene rings is 1. The fourth-order valence-electron chi connectivity index (χ4n) is 1.61. The van der Waals surface area contributed by atoms with Crippen molar-refractivity contribution in [2.24, 2.45) is 0 Å². The minimum absolute atomic E-state index is 0.212. The summed E-state index contributed by atoms with van der Waals surface area (Å²) >= 11 is 0. The maximum Gasteiger partial charge on any atom is 0.337 e. The molecule has 12 heteroatoms. The fourth-order valence-corrected chi connectivity index (χ4v) is 3.20. The minimum atomic E-state index is -4.36. The largest absolute Gasteiger partial charge is 0.465 e. The van der Waals surface area contributed by atoms with Crippen LogP contribution in [0.3, 0.4) is 0 Å². The minimum Gasteiger partial charge on any atom is -0.465 e. The van der Waals surface area contributed by atoms with Gasteiger partial charge in [-0.3, -0.25) is 4.55 Å². The van der Waals surface area contributed by atoms with Crippen molar-refractivity contribution in [3.05, 3.63) is 29.3 Å². The SMILES string of the molecule is COC(=O)c1cc(C(=O)OC)cc(S(=O)(=O)NCCS(=O)(=O)O)c1. The lowest BCUT2D eigenvalue weighted by Crippen LogP contribution is -2.29. The molecule has 0 unspecified atom stereocenters. The molecule has 0 aliphatic carbocycles. The van der Waals surface area contributed by atoms with Crippen LogP contribution in [0, 0.1) is 0 Å². The Kier molecular flexibility index (Phi) is 6.42. The number of hydrogen-bond acceptors (Lipinski definition) is 8. The summed E-state index contributed by atoms with van der Waals surface area (Å²) in [6, 6.07) is 3.00. The maximum atomic E-state index is 12.2. The predicted molar refractivity (Wildman–Crippen MR) is 80.7 cm³/mol. The normalized spacial score (nSPS) is 11.8. The summed E-state index contributed by atoms with van der Waals surface area (Å²) in [5.74, 6) is -2.60. The molecule has 1 rings (SSSR count). The number of carbonyl (C=O) groups excluding carboxylic acids is 2. The first kappa shape index (κ1) is 20.0. The number of nitrogens with one attached hydrogen (secondary N) is 1. The van der Waals surface area contributed by atoms with E-state index >= 15 is 0 Å². The van der Waals surface area contributed by atoms with E-state index in [-0.39, 0.29) is 11.1 Å². The van der Waals surface area contributed by atoms with Crippen LogP contribution in [0.2, 0.25) is 0 Å². The lowest BCUT2D eigenvalue weighted by atomic mass is 10.1. The van der Waals surface area contributed by atoms with Gasteiger partial charge in [0.15, 0.2) is 0 Å². The zero-order valence-corrected chi connectivity index (χ0v) is 14.3. The fraction of sp³-hybridized carbons (Fsp3) is 0.333. The zero-order chi connectivity index (χ0) is 18.5. The Morgan fingerprint density at radius 3 is 1.83 bits per heavy atom. The summed E-state index contributed by atoms with van der Waals surface area (Å²) in [7, 11) is -6.46. The monoisotopic (exact) mass is 381 g/mol. The molecule has 0 atom stereocenters. The van der Waals surface area contributed by atoms with E-state index < -0.39 is 49.3 Å². The van der Waals surface area contributed by atoms with Crippen molar-refractivity contribution in [2.75, 3.05) is 26.5 Å². The van der Waals surface area contributed by atoms with Gasteiger partial charge in [-0.1, -0.05) is 0 Å². The molecule has 0 amide bonds. The molecule has 0 aromatic heterocycles. The van der Waals surface area contributed by atoms with Crippen molar-refractivity contribution >= 4 is 32.1 Å². The van der Waals surface area contributed by atoms with Gasteiger partial charge in [0.1, 0.15) is 0 Å². The van der Waals surface area contributed by atoms with E-state index in [0.717, 1.165) is 32.4 Å². The second kappa shape index (κ2) is 7.70. The highest BCUT2D eigenvalue weighted by Gasteiger charge is 2.21. The number of ether oxygens (including phenoxy) is 2. The second-order valence-electron chi connectivity index (χ2n) is 4.41. The number of esters is 2.